The highest BCUT2D eigenvalue weighted by atomic mass is 32.2. The first-order valence-corrected chi connectivity index (χ1v) is 9.61. The number of hydrogen-bond acceptors (Lipinski definition) is 6. The number of nitro benzene ring substituents is 1. The zero-order valence-electron chi connectivity index (χ0n) is 14.0. The van der Waals surface area contributed by atoms with Crippen molar-refractivity contribution < 1.29 is 53.6 Å². The molecule has 29 heavy (non-hydrogen) atoms. The molecule has 0 aliphatic carbocycles. The molecule has 0 amide bonds. The highest BCUT2D eigenvalue weighted by molar-refractivity contribution is 7.86. The second-order valence-corrected chi connectivity index (χ2v) is 7.98. The first-order chi connectivity index (χ1) is 13.1. The van der Waals surface area contributed by atoms with Crippen molar-refractivity contribution in [2.24, 2.45) is 0 Å². The number of esters is 1. The van der Waals surface area contributed by atoms with Crippen molar-refractivity contribution in [1.29, 1.82) is 0 Å². The van der Waals surface area contributed by atoms with Crippen molar-refractivity contribution >= 4 is 33.3 Å². The van der Waals surface area contributed by atoms with E-state index in [4.69, 9.17) is 0 Å². The Kier molecular flexibility index (Phi) is 7.50. The van der Waals surface area contributed by atoms with Crippen molar-refractivity contribution in [1.82, 2.24) is 0 Å². The minimum atomic E-state index is -6.75. The van der Waals surface area contributed by atoms with Crippen molar-refractivity contribution in [3.05, 3.63) is 28.3 Å². The number of carbonyl (C=O) groups is 1. The zero-order valence-corrected chi connectivity index (χ0v) is 15.6. The molecular formula is C13H10F7NO6S2. The van der Waals surface area contributed by atoms with Gasteiger partial charge in [0.25, 0.3) is 5.69 Å². The quantitative estimate of drug-likeness (QED) is 0.249. The van der Waals surface area contributed by atoms with E-state index >= 15 is 0 Å². The smallest absolute Gasteiger partial charge is 0.461 e. The molecule has 2 atom stereocenters. The lowest BCUT2D eigenvalue weighted by molar-refractivity contribution is -0.388. The summed E-state index contributed by atoms with van der Waals surface area (Å²) in [6, 6.07) is 0.791. The SMILES string of the molecule is CCOC(=O)CS(=O)c1ccc(S(=O)C(F)(F)C(F)(F)C(F)(F)F)cc1[N+](=O)[O-]. The van der Waals surface area contributed by atoms with Gasteiger partial charge in [0.2, 0.25) is 0 Å². The summed E-state index contributed by atoms with van der Waals surface area (Å²) in [5.74, 6) is -8.63. The molecule has 0 spiro atoms. The molecule has 0 aliphatic heterocycles. The van der Waals surface area contributed by atoms with Gasteiger partial charge in [-0.1, -0.05) is 0 Å². The molecule has 1 rings (SSSR count). The van der Waals surface area contributed by atoms with Crippen LogP contribution >= 0.6 is 0 Å². The van der Waals surface area contributed by atoms with E-state index in [9.17, 15) is 54.1 Å². The number of benzene rings is 1. The highest BCUT2D eigenvalue weighted by Crippen LogP contribution is 2.49. The second-order valence-electron chi connectivity index (χ2n) is 5.04. The minimum absolute atomic E-state index is 0.0227. The van der Waals surface area contributed by atoms with Crippen molar-refractivity contribution in [2.45, 2.75) is 34.1 Å². The van der Waals surface area contributed by atoms with Crippen molar-refractivity contribution in [3.8, 4) is 0 Å². The number of hydrogen-bond donors (Lipinski definition) is 0. The van der Waals surface area contributed by atoms with E-state index in [1.54, 1.807) is 0 Å². The molecular weight excluding hydrogens is 463 g/mol. The summed E-state index contributed by atoms with van der Waals surface area (Å²) in [7, 11) is -6.82. The van der Waals surface area contributed by atoms with E-state index in [0.29, 0.717) is 12.1 Å². The largest absolute Gasteiger partial charge is 0.465 e. The third-order valence-electron chi connectivity index (χ3n) is 3.10. The molecule has 0 N–H and O–H groups in total. The van der Waals surface area contributed by atoms with Crippen LogP contribution in [0.3, 0.4) is 0 Å². The molecule has 0 radical (unpaired) electrons. The predicted molar refractivity (Wildman–Crippen MR) is 83.4 cm³/mol. The highest BCUT2D eigenvalue weighted by Gasteiger charge is 2.76. The van der Waals surface area contributed by atoms with Crippen LogP contribution in [0, 0.1) is 10.1 Å². The fourth-order valence-electron chi connectivity index (χ4n) is 1.76. The molecule has 0 bridgehead atoms. The fraction of sp³-hybridized carbons (Fsp3) is 0.462. The van der Waals surface area contributed by atoms with Gasteiger partial charge in [-0.3, -0.25) is 19.1 Å². The van der Waals surface area contributed by atoms with Gasteiger partial charge < -0.3 is 4.74 Å². The first kappa shape index (κ1) is 24.9. The van der Waals surface area contributed by atoms with Crippen LogP contribution in [-0.2, 0) is 31.1 Å². The van der Waals surface area contributed by atoms with E-state index in [1.807, 2.05) is 0 Å². The number of nitrogens with zero attached hydrogens (tertiary/aromatic N) is 1. The number of carbonyl (C=O) groups excluding carboxylic acids is 1. The Morgan fingerprint density at radius 3 is 2.14 bits per heavy atom. The van der Waals surface area contributed by atoms with Gasteiger partial charge in [0.1, 0.15) is 21.4 Å². The van der Waals surface area contributed by atoms with E-state index in [1.165, 1.54) is 6.92 Å². The van der Waals surface area contributed by atoms with Gasteiger partial charge in [-0.25, -0.2) is 4.21 Å². The Labute approximate surface area is 162 Å². The average molecular weight is 473 g/mol. The Morgan fingerprint density at radius 2 is 1.69 bits per heavy atom. The van der Waals surface area contributed by atoms with E-state index in [2.05, 4.69) is 4.74 Å². The number of alkyl halides is 7. The van der Waals surface area contributed by atoms with Crippen LogP contribution in [0.15, 0.2) is 28.0 Å². The van der Waals surface area contributed by atoms with Gasteiger partial charge in [0.15, 0.2) is 0 Å². The summed E-state index contributed by atoms with van der Waals surface area (Å²) in [5.41, 5.74) is -1.27. The van der Waals surface area contributed by atoms with Crippen LogP contribution < -0.4 is 0 Å². The predicted octanol–water partition coefficient (Wildman–Crippen LogP) is 3.16. The van der Waals surface area contributed by atoms with Crippen LogP contribution in [-0.4, -0.2) is 49.0 Å². The number of nitro groups is 1. The Bertz CT molecular complexity index is 859. The molecule has 0 aliphatic rings. The number of halogens is 7. The van der Waals surface area contributed by atoms with Gasteiger partial charge in [-0.2, -0.15) is 30.7 Å². The summed E-state index contributed by atoms with van der Waals surface area (Å²) >= 11 is 0. The molecule has 16 heteroatoms. The topological polar surface area (TPSA) is 104 Å². The van der Waals surface area contributed by atoms with Gasteiger partial charge in [0.05, 0.1) is 27.2 Å². The van der Waals surface area contributed by atoms with Crippen LogP contribution in [0.1, 0.15) is 6.92 Å². The maximum absolute atomic E-state index is 13.6. The Morgan fingerprint density at radius 1 is 1.14 bits per heavy atom. The zero-order chi connectivity index (χ0) is 22.8. The molecule has 0 saturated carbocycles. The molecule has 1 aromatic carbocycles. The Hall–Kier alpha value is -2.10. The molecule has 0 fully saturated rings. The summed E-state index contributed by atoms with van der Waals surface area (Å²) in [4.78, 5) is 18.9. The van der Waals surface area contributed by atoms with E-state index in [0.717, 1.165) is 0 Å². The van der Waals surface area contributed by atoms with Crippen LogP contribution in [0.4, 0.5) is 36.4 Å². The maximum Gasteiger partial charge on any atom is 0.461 e. The summed E-state index contributed by atoms with van der Waals surface area (Å²) in [5, 5.41) is 4.90. The van der Waals surface area contributed by atoms with E-state index < -0.39 is 71.1 Å². The lowest BCUT2D eigenvalue weighted by Gasteiger charge is -2.27. The Balaban J connectivity index is 3.38. The van der Waals surface area contributed by atoms with Crippen LogP contribution in [0.2, 0.25) is 0 Å². The maximum atomic E-state index is 13.6. The number of rotatable bonds is 8. The fourth-order valence-corrected chi connectivity index (χ4v) is 3.86. The summed E-state index contributed by atoms with van der Waals surface area (Å²) in [6.45, 7) is 1.29. The molecule has 164 valence electrons. The third-order valence-corrected chi connectivity index (χ3v) is 5.83. The minimum Gasteiger partial charge on any atom is -0.465 e. The van der Waals surface area contributed by atoms with Crippen molar-refractivity contribution in [3.63, 3.8) is 0 Å². The molecule has 0 heterocycles. The van der Waals surface area contributed by atoms with Crippen LogP contribution in [0.25, 0.3) is 0 Å². The molecule has 1 aromatic rings. The third kappa shape index (κ3) is 5.09. The van der Waals surface area contributed by atoms with Gasteiger partial charge in [-0.05, 0) is 19.1 Å². The van der Waals surface area contributed by atoms with Gasteiger partial charge in [-0.15, -0.1) is 0 Å². The second kappa shape index (κ2) is 8.73. The lowest BCUT2D eigenvalue weighted by Crippen LogP contribution is -2.54. The number of ether oxygens (including phenoxy) is 1. The molecule has 0 aromatic heterocycles. The summed E-state index contributed by atoms with van der Waals surface area (Å²) in [6.07, 6.45) is -6.75. The standard InChI is InChI=1S/C13H10F7NO6S2/c1-2-27-10(22)6-28(25)9-4-3-7(5-8(9)21(23)24)29(26)13(19,20)11(14,15)12(16,17)18/h3-5H,2,6H2,1H3. The molecule has 0 saturated heterocycles. The molecule has 2 unspecified atom stereocenters. The van der Waals surface area contributed by atoms with E-state index in [-0.39, 0.29) is 12.7 Å². The average Bonchev–Trinajstić information content (AvgIpc) is 2.59. The normalized spacial score (nSPS) is 14.9. The monoisotopic (exact) mass is 473 g/mol. The summed E-state index contributed by atoms with van der Waals surface area (Å²) < 4.78 is 118. The van der Waals surface area contributed by atoms with Gasteiger partial charge in [0, 0.05) is 6.07 Å². The molecule has 7 nitrogen and oxygen atoms in total. The first-order valence-electron chi connectivity index (χ1n) is 7.14. The lowest BCUT2D eigenvalue weighted by atomic mass is 10.3. The van der Waals surface area contributed by atoms with Crippen LogP contribution in [0.5, 0.6) is 0 Å². The van der Waals surface area contributed by atoms with Gasteiger partial charge >= 0.3 is 23.3 Å². The van der Waals surface area contributed by atoms with Crippen molar-refractivity contribution in [2.75, 3.05) is 12.4 Å².